The minimum Gasteiger partial charge on any atom is -0.465 e. The summed E-state index contributed by atoms with van der Waals surface area (Å²) in [5.74, 6) is 6.33. The molecule has 0 saturated heterocycles. The first kappa shape index (κ1) is 34.9. The minimum absolute atomic E-state index is 0.205. The highest BCUT2D eigenvalue weighted by Crippen LogP contribution is 2.46. The molecule has 2 rings (SSSR count). The number of fused-ring (bicyclic) bond motifs is 1. The summed E-state index contributed by atoms with van der Waals surface area (Å²) in [6.07, 6.45) is 2.10. The summed E-state index contributed by atoms with van der Waals surface area (Å²) in [5.41, 5.74) is 14.0. The van der Waals surface area contributed by atoms with E-state index in [4.69, 9.17) is 9.47 Å². The van der Waals surface area contributed by atoms with Crippen molar-refractivity contribution < 1.29 is 19.1 Å². The highest BCUT2D eigenvalue weighted by atomic mass is 28.3. The third-order valence-electron chi connectivity index (χ3n) is 8.76. The predicted molar refractivity (Wildman–Crippen MR) is 176 cm³/mol. The van der Waals surface area contributed by atoms with Crippen molar-refractivity contribution >= 4 is 28.1 Å². The van der Waals surface area contributed by atoms with Crippen LogP contribution in [-0.4, -0.2) is 41.3 Å². The van der Waals surface area contributed by atoms with Gasteiger partial charge in [-0.25, -0.2) is 0 Å². The van der Waals surface area contributed by atoms with Crippen LogP contribution in [0, 0.1) is 28.3 Å². The molecular formula is C35H54O4Si2. The third kappa shape index (κ3) is 6.86. The second-order valence-electron chi connectivity index (χ2n) is 13.4. The molecule has 0 atom stereocenters. The molecule has 1 aromatic rings. The molecule has 0 aromatic heterocycles. The Morgan fingerprint density at radius 1 is 0.707 bits per heavy atom. The quantitative estimate of drug-likeness (QED) is 0.127. The Morgan fingerprint density at radius 2 is 1.07 bits per heavy atom. The van der Waals surface area contributed by atoms with Crippen molar-refractivity contribution in [2.45, 2.75) is 131 Å². The van der Waals surface area contributed by atoms with Crippen molar-refractivity contribution in [3.63, 3.8) is 0 Å². The Balaban J connectivity index is 3.11. The number of rotatable bonds is 9. The summed E-state index contributed by atoms with van der Waals surface area (Å²) in [7, 11) is -3.73. The summed E-state index contributed by atoms with van der Waals surface area (Å²) in [5, 5.41) is 0. The van der Waals surface area contributed by atoms with Gasteiger partial charge in [0.15, 0.2) is 5.41 Å². The van der Waals surface area contributed by atoms with Gasteiger partial charge in [-0.3, -0.25) is 9.59 Å². The molecule has 1 aliphatic rings. The average Bonchev–Trinajstić information content (AvgIpc) is 3.28. The van der Waals surface area contributed by atoms with Crippen LogP contribution in [0.3, 0.4) is 0 Å². The Labute approximate surface area is 252 Å². The maximum absolute atomic E-state index is 13.6. The van der Waals surface area contributed by atoms with Crippen molar-refractivity contribution in [2.75, 3.05) is 13.2 Å². The van der Waals surface area contributed by atoms with E-state index in [1.165, 1.54) is 11.1 Å². The summed E-state index contributed by atoms with van der Waals surface area (Å²) < 4.78 is 11.1. The molecule has 0 bridgehead atoms. The monoisotopic (exact) mass is 594 g/mol. The van der Waals surface area contributed by atoms with Crippen LogP contribution in [0.25, 0.3) is 0 Å². The Kier molecular flexibility index (Phi) is 11.7. The van der Waals surface area contributed by atoms with Gasteiger partial charge < -0.3 is 9.47 Å². The van der Waals surface area contributed by atoms with E-state index < -0.39 is 33.5 Å². The highest BCUT2D eigenvalue weighted by molar-refractivity contribution is 6.90. The normalized spacial score (nSPS) is 14.3. The number of hydrogen-bond acceptors (Lipinski definition) is 4. The van der Waals surface area contributed by atoms with E-state index in [0.717, 1.165) is 35.1 Å². The van der Waals surface area contributed by atoms with Gasteiger partial charge in [-0.2, -0.15) is 0 Å². The van der Waals surface area contributed by atoms with E-state index in [-0.39, 0.29) is 26.1 Å². The standard InChI is InChI=1S/C35H54O4Si2/c1-14-27-28(15-2)30(19-21-41(24(5)6,25(7)8)26(9)10)32-23-35(33(36)38-16-3,34(37)39-17-4)22-31(32)29(27)18-20-40(11,12)13/h24-26H,14-17,22-23H2,1-13H3. The lowest BCUT2D eigenvalue weighted by Gasteiger charge is -2.38. The molecule has 0 fully saturated rings. The van der Waals surface area contributed by atoms with Gasteiger partial charge in [0.25, 0.3) is 0 Å². The van der Waals surface area contributed by atoms with Crippen LogP contribution in [0.2, 0.25) is 36.3 Å². The number of benzene rings is 1. The first-order chi connectivity index (χ1) is 19.1. The maximum Gasteiger partial charge on any atom is 0.324 e. The maximum atomic E-state index is 13.6. The molecule has 0 amide bonds. The number of carbonyl (C=O) groups excluding carboxylic acids is 2. The summed E-state index contributed by atoms with van der Waals surface area (Å²) in [6.45, 7) is 29.0. The second kappa shape index (κ2) is 13.8. The highest BCUT2D eigenvalue weighted by Gasteiger charge is 2.54. The first-order valence-electron chi connectivity index (χ1n) is 15.7. The summed E-state index contributed by atoms with van der Waals surface area (Å²) in [4.78, 5) is 27.2. The summed E-state index contributed by atoms with van der Waals surface area (Å²) in [6, 6.07) is 0. The number of hydrogen-bond donors (Lipinski definition) is 0. The minimum atomic E-state index is -2.03. The zero-order chi connectivity index (χ0) is 31.3. The first-order valence-corrected chi connectivity index (χ1v) is 21.4. The Hall–Kier alpha value is -2.29. The summed E-state index contributed by atoms with van der Waals surface area (Å²) >= 11 is 0. The second-order valence-corrected chi connectivity index (χ2v) is 23.7. The zero-order valence-electron chi connectivity index (χ0n) is 28.1. The lowest BCUT2D eigenvalue weighted by molar-refractivity contribution is -0.171. The van der Waals surface area contributed by atoms with Crippen LogP contribution in [0.1, 0.15) is 103 Å². The van der Waals surface area contributed by atoms with Gasteiger partial charge in [-0.05, 0) is 65.6 Å². The molecule has 0 unspecified atom stereocenters. The van der Waals surface area contributed by atoms with Gasteiger partial charge in [0, 0.05) is 24.0 Å². The van der Waals surface area contributed by atoms with Crippen LogP contribution in [0.4, 0.5) is 0 Å². The Morgan fingerprint density at radius 3 is 1.37 bits per heavy atom. The van der Waals surface area contributed by atoms with E-state index in [1.54, 1.807) is 13.8 Å². The molecule has 4 nitrogen and oxygen atoms in total. The van der Waals surface area contributed by atoms with Gasteiger partial charge in [0.1, 0.15) is 16.1 Å². The lowest BCUT2D eigenvalue weighted by Crippen LogP contribution is -2.43. The lowest BCUT2D eigenvalue weighted by atomic mass is 9.84. The molecule has 226 valence electrons. The molecule has 6 heteroatoms. The number of esters is 2. The van der Waals surface area contributed by atoms with Crippen molar-refractivity contribution in [2.24, 2.45) is 5.41 Å². The van der Waals surface area contributed by atoms with E-state index in [1.807, 2.05) is 0 Å². The van der Waals surface area contributed by atoms with Gasteiger partial charge >= 0.3 is 11.9 Å². The Bertz CT molecular complexity index is 1220. The molecule has 0 saturated carbocycles. The molecule has 41 heavy (non-hydrogen) atoms. The zero-order valence-corrected chi connectivity index (χ0v) is 30.1. The molecule has 0 aliphatic heterocycles. The van der Waals surface area contributed by atoms with Crippen molar-refractivity contribution in [1.29, 1.82) is 0 Å². The molecule has 0 heterocycles. The van der Waals surface area contributed by atoms with E-state index in [0.29, 0.717) is 16.6 Å². The molecule has 1 aliphatic carbocycles. The van der Waals surface area contributed by atoms with Gasteiger partial charge in [-0.15, -0.1) is 11.1 Å². The van der Waals surface area contributed by atoms with Gasteiger partial charge in [-0.1, -0.05) is 86.9 Å². The smallest absolute Gasteiger partial charge is 0.324 e. The van der Waals surface area contributed by atoms with Crippen molar-refractivity contribution in [3.8, 4) is 22.9 Å². The van der Waals surface area contributed by atoms with Crippen LogP contribution in [-0.2, 0) is 44.7 Å². The van der Waals surface area contributed by atoms with Gasteiger partial charge in [0.05, 0.1) is 13.2 Å². The largest absolute Gasteiger partial charge is 0.465 e. The number of carbonyl (C=O) groups is 2. The van der Waals surface area contributed by atoms with Crippen molar-refractivity contribution in [1.82, 2.24) is 0 Å². The van der Waals surface area contributed by atoms with Crippen LogP contribution >= 0.6 is 0 Å². The third-order valence-corrected chi connectivity index (χ3v) is 15.9. The predicted octanol–water partition coefficient (Wildman–Crippen LogP) is 7.82. The molecule has 0 N–H and O–H groups in total. The SMILES string of the molecule is CCOC(=O)C1(C(=O)OCC)Cc2c(C#C[Si](C)(C)C)c(CC)c(CC)c(C#C[Si](C(C)C)(C(C)C)C(C)C)c2C1. The van der Waals surface area contributed by atoms with Crippen LogP contribution < -0.4 is 0 Å². The van der Waals surface area contributed by atoms with E-state index >= 15 is 0 Å². The fraction of sp³-hybridized carbons (Fsp3) is 0.657. The average molecular weight is 595 g/mol. The molecule has 0 spiro atoms. The van der Waals surface area contributed by atoms with Crippen LogP contribution in [0.5, 0.6) is 0 Å². The number of ether oxygens (including phenoxy) is 2. The molecular weight excluding hydrogens is 541 g/mol. The van der Waals surface area contributed by atoms with E-state index in [9.17, 15) is 9.59 Å². The molecule has 0 radical (unpaired) electrons. The van der Waals surface area contributed by atoms with Crippen molar-refractivity contribution in [3.05, 3.63) is 33.4 Å². The fourth-order valence-electron chi connectivity index (χ4n) is 6.87. The topological polar surface area (TPSA) is 52.6 Å². The fourth-order valence-corrected chi connectivity index (χ4v) is 12.6. The molecule has 1 aromatic carbocycles. The van der Waals surface area contributed by atoms with Gasteiger partial charge in [0.2, 0.25) is 0 Å². The van der Waals surface area contributed by atoms with E-state index in [2.05, 4.69) is 98.0 Å². The van der Waals surface area contributed by atoms with Crippen LogP contribution in [0.15, 0.2) is 0 Å².